The summed E-state index contributed by atoms with van der Waals surface area (Å²) in [7, 11) is 3.09. The zero-order valence-corrected chi connectivity index (χ0v) is 17.9. The van der Waals surface area contributed by atoms with Crippen LogP contribution in [0.4, 0.5) is 5.69 Å². The Morgan fingerprint density at radius 3 is 2.63 bits per heavy atom. The maximum atomic E-state index is 11.6. The first-order valence-electron chi connectivity index (χ1n) is 10.2. The molecule has 2 aromatic carbocycles. The van der Waals surface area contributed by atoms with Crippen LogP contribution in [-0.4, -0.2) is 51.8 Å². The lowest BCUT2D eigenvalue weighted by atomic mass is 10.1. The van der Waals surface area contributed by atoms with Gasteiger partial charge < -0.3 is 25.0 Å². The Bertz CT molecular complexity index is 867. The van der Waals surface area contributed by atoms with Gasteiger partial charge in [-0.1, -0.05) is 24.3 Å². The van der Waals surface area contributed by atoms with Gasteiger partial charge in [0.1, 0.15) is 5.75 Å². The molecule has 0 saturated carbocycles. The van der Waals surface area contributed by atoms with E-state index in [1.807, 2.05) is 30.3 Å². The van der Waals surface area contributed by atoms with Crippen molar-refractivity contribution in [3.8, 4) is 5.75 Å². The molecule has 0 aromatic heterocycles. The predicted octanol–water partition coefficient (Wildman–Crippen LogP) is 2.82. The van der Waals surface area contributed by atoms with Crippen LogP contribution in [0, 0.1) is 0 Å². The van der Waals surface area contributed by atoms with Crippen molar-refractivity contribution in [3.05, 3.63) is 59.7 Å². The minimum absolute atomic E-state index is 0.300. The molecule has 1 fully saturated rings. The molecule has 0 aliphatic carbocycles. The third kappa shape index (κ3) is 5.43. The molecule has 1 atom stereocenters. The number of anilines is 1. The van der Waals surface area contributed by atoms with Crippen molar-refractivity contribution in [2.75, 3.05) is 38.8 Å². The maximum Gasteiger partial charge on any atom is 0.337 e. The van der Waals surface area contributed by atoms with Crippen LogP contribution >= 0.6 is 0 Å². The van der Waals surface area contributed by atoms with E-state index in [1.165, 1.54) is 7.11 Å². The summed E-state index contributed by atoms with van der Waals surface area (Å²) in [6, 6.07) is 15.7. The third-order valence-corrected chi connectivity index (χ3v) is 5.09. The molecule has 1 aliphatic heterocycles. The van der Waals surface area contributed by atoms with E-state index in [-0.39, 0.29) is 5.97 Å². The number of benzene rings is 2. The molecule has 0 radical (unpaired) electrons. The number of para-hydroxylation sites is 2. The fraction of sp³-hybridized carbons (Fsp3) is 0.391. The molecule has 0 amide bonds. The van der Waals surface area contributed by atoms with Crippen LogP contribution in [0.15, 0.2) is 53.5 Å². The molecule has 7 nitrogen and oxygen atoms in total. The van der Waals surface area contributed by atoms with Gasteiger partial charge in [0.25, 0.3) is 0 Å². The first-order chi connectivity index (χ1) is 14.6. The second kappa shape index (κ2) is 10.5. The highest BCUT2D eigenvalue weighted by molar-refractivity contribution is 5.89. The minimum atomic E-state index is -0.333. The minimum Gasteiger partial charge on any atom is -0.495 e. The van der Waals surface area contributed by atoms with Crippen LogP contribution in [0.1, 0.15) is 29.3 Å². The summed E-state index contributed by atoms with van der Waals surface area (Å²) in [4.78, 5) is 18.6. The zero-order chi connectivity index (χ0) is 21.3. The molecule has 7 heteroatoms. The highest BCUT2D eigenvalue weighted by Crippen LogP contribution is 2.30. The zero-order valence-electron chi connectivity index (χ0n) is 17.9. The molecular weight excluding hydrogens is 380 g/mol. The molecule has 2 N–H and O–H groups in total. The molecule has 160 valence electrons. The number of hydrogen-bond donors (Lipinski definition) is 2. The lowest BCUT2D eigenvalue weighted by molar-refractivity contribution is 0.0600. The molecule has 1 aliphatic rings. The predicted molar refractivity (Wildman–Crippen MR) is 119 cm³/mol. The van der Waals surface area contributed by atoms with Crippen LogP contribution in [0.5, 0.6) is 5.75 Å². The Hall–Kier alpha value is -3.22. The molecule has 1 unspecified atom stereocenters. The van der Waals surface area contributed by atoms with Gasteiger partial charge in [0, 0.05) is 25.7 Å². The number of guanidine groups is 1. The van der Waals surface area contributed by atoms with Crippen molar-refractivity contribution in [1.29, 1.82) is 0 Å². The Kier molecular flexibility index (Phi) is 7.54. The largest absolute Gasteiger partial charge is 0.495 e. The van der Waals surface area contributed by atoms with Gasteiger partial charge in [-0.15, -0.1) is 0 Å². The molecule has 0 spiro atoms. The Morgan fingerprint density at radius 2 is 1.93 bits per heavy atom. The summed E-state index contributed by atoms with van der Waals surface area (Å²) < 4.78 is 10.2. The molecule has 1 heterocycles. The normalized spacial score (nSPS) is 16.3. The van der Waals surface area contributed by atoms with Gasteiger partial charge in [0.05, 0.1) is 32.0 Å². The smallest absolute Gasteiger partial charge is 0.337 e. The summed E-state index contributed by atoms with van der Waals surface area (Å²) in [6.07, 6.45) is 1.02. The number of nitrogens with one attached hydrogen (secondary N) is 2. The van der Waals surface area contributed by atoms with Crippen molar-refractivity contribution in [1.82, 2.24) is 10.6 Å². The van der Waals surface area contributed by atoms with E-state index < -0.39 is 0 Å². The summed E-state index contributed by atoms with van der Waals surface area (Å²) in [6.45, 7) is 5.22. The highest BCUT2D eigenvalue weighted by atomic mass is 16.5. The number of carbonyl (C=O) groups excluding carboxylic acids is 1. The van der Waals surface area contributed by atoms with Crippen molar-refractivity contribution >= 4 is 17.6 Å². The summed E-state index contributed by atoms with van der Waals surface area (Å²) in [5.41, 5.74) is 2.69. The maximum absolute atomic E-state index is 11.6. The van der Waals surface area contributed by atoms with E-state index in [2.05, 4.69) is 28.5 Å². The standard InChI is InChI=1S/C23H30N4O3/c1-4-24-23(25-15-17-9-11-18(12-10-17)22(28)30-3)26-19-13-14-27(16-19)20-7-5-6-8-21(20)29-2/h5-12,19H,4,13-16H2,1-3H3,(H2,24,25,26). The van der Waals surface area contributed by atoms with E-state index in [0.29, 0.717) is 18.2 Å². The van der Waals surface area contributed by atoms with E-state index >= 15 is 0 Å². The number of esters is 1. The van der Waals surface area contributed by atoms with Gasteiger partial charge in [-0.25, -0.2) is 9.79 Å². The molecule has 2 aromatic rings. The second-order valence-electron chi connectivity index (χ2n) is 7.13. The Balaban J connectivity index is 1.61. The van der Waals surface area contributed by atoms with E-state index in [4.69, 9.17) is 14.5 Å². The van der Waals surface area contributed by atoms with Gasteiger partial charge in [-0.05, 0) is 43.2 Å². The monoisotopic (exact) mass is 410 g/mol. The number of carbonyl (C=O) groups is 1. The first-order valence-corrected chi connectivity index (χ1v) is 10.2. The van der Waals surface area contributed by atoms with E-state index in [9.17, 15) is 4.79 Å². The van der Waals surface area contributed by atoms with Crippen LogP contribution in [0.25, 0.3) is 0 Å². The van der Waals surface area contributed by atoms with Crippen molar-refractivity contribution in [3.63, 3.8) is 0 Å². The fourth-order valence-corrected chi connectivity index (χ4v) is 3.54. The lowest BCUT2D eigenvalue weighted by Crippen LogP contribution is -2.44. The number of aliphatic imine (C=N–C) groups is 1. The summed E-state index contributed by atoms with van der Waals surface area (Å²) >= 11 is 0. The number of rotatable bonds is 7. The van der Waals surface area contributed by atoms with E-state index in [0.717, 1.165) is 49.0 Å². The van der Waals surface area contributed by atoms with Gasteiger partial charge >= 0.3 is 5.97 Å². The van der Waals surface area contributed by atoms with E-state index in [1.54, 1.807) is 19.2 Å². The van der Waals surface area contributed by atoms with Crippen molar-refractivity contribution < 1.29 is 14.3 Å². The van der Waals surface area contributed by atoms with Crippen LogP contribution < -0.4 is 20.3 Å². The summed E-state index contributed by atoms with van der Waals surface area (Å²) in [5, 5.41) is 6.86. The SMILES string of the molecule is CCNC(=NCc1ccc(C(=O)OC)cc1)NC1CCN(c2ccccc2OC)C1. The number of hydrogen-bond acceptors (Lipinski definition) is 5. The van der Waals surface area contributed by atoms with Crippen LogP contribution in [0.2, 0.25) is 0 Å². The van der Waals surface area contributed by atoms with Crippen LogP contribution in [-0.2, 0) is 11.3 Å². The lowest BCUT2D eigenvalue weighted by Gasteiger charge is -2.22. The van der Waals surface area contributed by atoms with Gasteiger partial charge in [-0.3, -0.25) is 0 Å². The number of ether oxygens (including phenoxy) is 2. The average molecular weight is 411 g/mol. The molecule has 0 bridgehead atoms. The van der Waals surface area contributed by atoms with Crippen molar-refractivity contribution in [2.24, 2.45) is 4.99 Å². The molecule has 1 saturated heterocycles. The van der Waals surface area contributed by atoms with Gasteiger partial charge in [-0.2, -0.15) is 0 Å². The Labute approximate surface area is 178 Å². The Morgan fingerprint density at radius 1 is 1.17 bits per heavy atom. The highest BCUT2D eigenvalue weighted by Gasteiger charge is 2.25. The molecule has 30 heavy (non-hydrogen) atoms. The fourth-order valence-electron chi connectivity index (χ4n) is 3.54. The topological polar surface area (TPSA) is 75.2 Å². The number of methoxy groups -OCH3 is 2. The number of nitrogens with zero attached hydrogens (tertiary/aromatic N) is 2. The average Bonchev–Trinajstić information content (AvgIpc) is 3.25. The quantitative estimate of drug-likeness (QED) is 0.415. The van der Waals surface area contributed by atoms with Gasteiger partial charge in [0.15, 0.2) is 5.96 Å². The molecule has 3 rings (SSSR count). The van der Waals surface area contributed by atoms with Crippen LogP contribution in [0.3, 0.4) is 0 Å². The molecular formula is C23H30N4O3. The third-order valence-electron chi connectivity index (χ3n) is 5.09. The first kappa shape index (κ1) is 21.5. The second-order valence-corrected chi connectivity index (χ2v) is 7.13. The summed E-state index contributed by atoms with van der Waals surface area (Å²) in [5.74, 6) is 1.36. The van der Waals surface area contributed by atoms with Crippen molar-refractivity contribution in [2.45, 2.75) is 25.9 Å². The van der Waals surface area contributed by atoms with Gasteiger partial charge in [0.2, 0.25) is 0 Å².